The Hall–Kier alpha value is -0.900. The smallest absolute Gasteiger partial charge is 0.0966 e. The minimum Gasteiger partial charge on any atom is -0.378 e. The van der Waals surface area contributed by atoms with Gasteiger partial charge in [0.1, 0.15) is 0 Å². The van der Waals surface area contributed by atoms with E-state index in [1.165, 1.54) is 5.56 Å². The molecule has 2 N–H and O–H groups in total. The van der Waals surface area contributed by atoms with Crippen LogP contribution in [0.15, 0.2) is 30.3 Å². The molecule has 0 bridgehead atoms. The van der Waals surface area contributed by atoms with Crippen LogP contribution in [0.25, 0.3) is 0 Å². The summed E-state index contributed by atoms with van der Waals surface area (Å²) in [5.41, 5.74) is 7.37. The Balaban J connectivity index is 1.86. The number of ether oxygens (including phenoxy) is 2. The van der Waals surface area contributed by atoms with E-state index in [0.29, 0.717) is 19.1 Å². The quantitative estimate of drug-likeness (QED) is 0.867. The molecule has 0 aliphatic carbocycles. The molecule has 3 atom stereocenters. The number of hydrogen-bond donors (Lipinski definition) is 1. The molecule has 1 aliphatic rings. The zero-order valence-corrected chi connectivity index (χ0v) is 10.3. The molecular weight excluding hydrogens is 214 g/mol. The molecule has 0 radical (unpaired) electrons. The summed E-state index contributed by atoms with van der Waals surface area (Å²) in [4.78, 5) is 0. The minimum absolute atomic E-state index is 0.0221. The summed E-state index contributed by atoms with van der Waals surface area (Å²) in [6.45, 7) is 4.14. The van der Waals surface area contributed by atoms with Crippen LogP contribution >= 0.6 is 0 Å². The Kier molecular flexibility index (Phi) is 4.54. The van der Waals surface area contributed by atoms with Gasteiger partial charge in [-0.3, -0.25) is 0 Å². The van der Waals surface area contributed by atoms with Crippen LogP contribution in [0.1, 0.15) is 18.9 Å². The topological polar surface area (TPSA) is 44.5 Å². The first kappa shape index (κ1) is 12.6. The monoisotopic (exact) mass is 235 g/mol. The van der Waals surface area contributed by atoms with Crippen molar-refractivity contribution < 1.29 is 9.47 Å². The third-order valence-electron chi connectivity index (χ3n) is 3.42. The van der Waals surface area contributed by atoms with Crippen LogP contribution in [-0.2, 0) is 16.1 Å². The van der Waals surface area contributed by atoms with Gasteiger partial charge in [0.05, 0.1) is 25.9 Å². The summed E-state index contributed by atoms with van der Waals surface area (Å²) in [5.74, 6) is 0.421. The molecule has 1 fully saturated rings. The van der Waals surface area contributed by atoms with Gasteiger partial charge in [0.25, 0.3) is 0 Å². The van der Waals surface area contributed by atoms with Crippen molar-refractivity contribution in [2.75, 3.05) is 13.2 Å². The molecule has 0 spiro atoms. The van der Waals surface area contributed by atoms with Gasteiger partial charge < -0.3 is 15.2 Å². The van der Waals surface area contributed by atoms with Crippen LogP contribution in [0.2, 0.25) is 0 Å². The molecule has 1 heterocycles. The van der Waals surface area contributed by atoms with Crippen molar-refractivity contribution in [1.29, 1.82) is 0 Å². The van der Waals surface area contributed by atoms with Crippen LogP contribution in [0.5, 0.6) is 0 Å². The second-order valence-electron chi connectivity index (χ2n) is 4.62. The van der Waals surface area contributed by atoms with Crippen molar-refractivity contribution in [2.45, 2.75) is 32.1 Å². The maximum atomic E-state index is 6.19. The Labute approximate surface area is 103 Å². The fourth-order valence-corrected chi connectivity index (χ4v) is 2.19. The van der Waals surface area contributed by atoms with E-state index < -0.39 is 0 Å². The average molecular weight is 235 g/mol. The molecule has 3 nitrogen and oxygen atoms in total. The largest absolute Gasteiger partial charge is 0.378 e. The zero-order valence-electron chi connectivity index (χ0n) is 10.3. The maximum Gasteiger partial charge on any atom is 0.0966 e. The van der Waals surface area contributed by atoms with Crippen molar-refractivity contribution in [3.05, 3.63) is 35.9 Å². The lowest BCUT2D eigenvalue weighted by Crippen LogP contribution is -2.50. The summed E-state index contributed by atoms with van der Waals surface area (Å²) in [6, 6.07) is 10.3. The summed E-state index contributed by atoms with van der Waals surface area (Å²) in [5, 5.41) is 0. The van der Waals surface area contributed by atoms with Gasteiger partial charge in [0.2, 0.25) is 0 Å². The normalized spacial score (nSPS) is 29.2. The lowest BCUT2D eigenvalue weighted by atomic mass is 9.92. The molecule has 3 heteroatoms. The first-order chi connectivity index (χ1) is 8.31. The SMILES string of the molecule is CCC1COCC(OCc2ccccc2)C1N. The van der Waals surface area contributed by atoms with E-state index >= 15 is 0 Å². The maximum absolute atomic E-state index is 6.19. The van der Waals surface area contributed by atoms with Gasteiger partial charge in [-0.15, -0.1) is 0 Å². The van der Waals surface area contributed by atoms with E-state index in [2.05, 4.69) is 19.1 Å². The molecular formula is C14H21NO2. The van der Waals surface area contributed by atoms with E-state index in [0.717, 1.165) is 13.0 Å². The van der Waals surface area contributed by atoms with Gasteiger partial charge in [-0.1, -0.05) is 37.3 Å². The summed E-state index contributed by atoms with van der Waals surface area (Å²) < 4.78 is 11.4. The van der Waals surface area contributed by atoms with Gasteiger partial charge in [-0.2, -0.15) is 0 Å². The Morgan fingerprint density at radius 3 is 2.76 bits per heavy atom. The molecule has 0 aromatic heterocycles. The van der Waals surface area contributed by atoms with Gasteiger partial charge in [0, 0.05) is 6.04 Å². The van der Waals surface area contributed by atoms with Crippen LogP contribution in [0.3, 0.4) is 0 Å². The highest BCUT2D eigenvalue weighted by Gasteiger charge is 2.30. The van der Waals surface area contributed by atoms with Crippen molar-refractivity contribution >= 4 is 0 Å². The van der Waals surface area contributed by atoms with E-state index in [1.807, 2.05) is 18.2 Å². The Morgan fingerprint density at radius 2 is 2.06 bits per heavy atom. The third-order valence-corrected chi connectivity index (χ3v) is 3.42. The fourth-order valence-electron chi connectivity index (χ4n) is 2.19. The molecule has 1 saturated heterocycles. The lowest BCUT2D eigenvalue weighted by molar-refractivity contribution is -0.0918. The molecule has 94 valence electrons. The number of benzene rings is 1. The summed E-state index contributed by atoms with van der Waals surface area (Å²) >= 11 is 0. The van der Waals surface area contributed by atoms with Gasteiger partial charge >= 0.3 is 0 Å². The number of nitrogens with two attached hydrogens (primary N) is 1. The second-order valence-corrected chi connectivity index (χ2v) is 4.62. The predicted molar refractivity (Wildman–Crippen MR) is 67.6 cm³/mol. The third kappa shape index (κ3) is 3.28. The molecule has 1 aromatic carbocycles. The summed E-state index contributed by atoms with van der Waals surface area (Å²) in [7, 11) is 0. The molecule has 1 aliphatic heterocycles. The highest BCUT2D eigenvalue weighted by Crippen LogP contribution is 2.19. The van der Waals surface area contributed by atoms with E-state index in [-0.39, 0.29) is 12.1 Å². The Bertz CT molecular complexity index is 328. The van der Waals surface area contributed by atoms with Crippen molar-refractivity contribution in [2.24, 2.45) is 11.7 Å². The van der Waals surface area contributed by atoms with Gasteiger partial charge in [0.15, 0.2) is 0 Å². The van der Waals surface area contributed by atoms with Crippen LogP contribution in [-0.4, -0.2) is 25.4 Å². The van der Waals surface area contributed by atoms with Gasteiger partial charge in [-0.25, -0.2) is 0 Å². The average Bonchev–Trinajstić information content (AvgIpc) is 2.39. The molecule has 2 rings (SSSR count). The number of hydrogen-bond acceptors (Lipinski definition) is 3. The Morgan fingerprint density at radius 1 is 1.29 bits per heavy atom. The van der Waals surface area contributed by atoms with Crippen molar-refractivity contribution in [1.82, 2.24) is 0 Å². The molecule has 1 aromatic rings. The van der Waals surface area contributed by atoms with Crippen LogP contribution in [0, 0.1) is 5.92 Å². The minimum atomic E-state index is 0.0221. The number of rotatable bonds is 4. The molecule has 0 amide bonds. The zero-order chi connectivity index (χ0) is 12.1. The van der Waals surface area contributed by atoms with E-state index in [1.54, 1.807) is 0 Å². The molecule has 0 saturated carbocycles. The summed E-state index contributed by atoms with van der Waals surface area (Å²) in [6.07, 6.45) is 1.07. The first-order valence-corrected chi connectivity index (χ1v) is 6.30. The standard InChI is InChI=1S/C14H21NO2/c1-2-12-9-16-10-13(14(12)15)17-8-11-6-4-3-5-7-11/h3-7,12-14H,2,8-10,15H2,1H3. The van der Waals surface area contributed by atoms with Crippen molar-refractivity contribution in [3.8, 4) is 0 Å². The lowest BCUT2D eigenvalue weighted by Gasteiger charge is -2.35. The first-order valence-electron chi connectivity index (χ1n) is 6.30. The van der Waals surface area contributed by atoms with E-state index in [4.69, 9.17) is 15.2 Å². The second kappa shape index (κ2) is 6.15. The van der Waals surface area contributed by atoms with E-state index in [9.17, 15) is 0 Å². The van der Waals surface area contributed by atoms with Crippen molar-refractivity contribution in [3.63, 3.8) is 0 Å². The highest BCUT2D eigenvalue weighted by molar-refractivity contribution is 5.13. The predicted octanol–water partition coefficient (Wildman–Crippen LogP) is 1.96. The fraction of sp³-hybridized carbons (Fsp3) is 0.571. The molecule has 3 unspecified atom stereocenters. The highest BCUT2D eigenvalue weighted by atomic mass is 16.5. The van der Waals surface area contributed by atoms with Crippen LogP contribution < -0.4 is 5.73 Å². The molecule has 17 heavy (non-hydrogen) atoms. The van der Waals surface area contributed by atoms with Crippen LogP contribution in [0.4, 0.5) is 0 Å². The van der Waals surface area contributed by atoms with Gasteiger partial charge in [-0.05, 0) is 17.9 Å².